The number of benzene rings is 1. The number of imidazole rings is 1. The number of aromatic nitrogens is 2. The molecule has 5 nitrogen and oxygen atoms in total. The molecule has 0 fully saturated rings. The minimum Gasteiger partial charge on any atom is -0.354 e. The van der Waals surface area contributed by atoms with E-state index in [0.29, 0.717) is 19.6 Å². The number of rotatable bonds is 6. The first kappa shape index (κ1) is 20.4. The number of carbonyl (C=O) groups excluding carboxylic acids is 1. The molecule has 22 heavy (non-hydrogen) atoms. The van der Waals surface area contributed by atoms with Crippen LogP contribution in [-0.4, -0.2) is 28.5 Å². The highest BCUT2D eigenvalue weighted by molar-refractivity contribution is 5.85. The van der Waals surface area contributed by atoms with Crippen molar-refractivity contribution in [1.29, 1.82) is 0 Å². The highest BCUT2D eigenvalue weighted by atomic mass is 35.5. The number of carbonyl (C=O) groups is 1. The van der Waals surface area contributed by atoms with Gasteiger partial charge in [0.05, 0.1) is 5.92 Å². The van der Waals surface area contributed by atoms with Gasteiger partial charge in [-0.15, -0.1) is 24.8 Å². The van der Waals surface area contributed by atoms with Gasteiger partial charge in [-0.25, -0.2) is 4.98 Å². The minimum atomic E-state index is -0.292. The van der Waals surface area contributed by atoms with Gasteiger partial charge in [0, 0.05) is 32.0 Å². The molecule has 1 unspecified atom stereocenters. The molecule has 1 atom stereocenters. The molecule has 0 bridgehead atoms. The highest BCUT2D eigenvalue weighted by Gasteiger charge is 2.18. The molecule has 7 heteroatoms. The molecule has 1 heterocycles. The van der Waals surface area contributed by atoms with Gasteiger partial charge in [-0.2, -0.15) is 0 Å². The highest BCUT2D eigenvalue weighted by Crippen LogP contribution is 2.13. The predicted molar refractivity (Wildman–Crippen MR) is 92.7 cm³/mol. The fourth-order valence-electron chi connectivity index (χ4n) is 2.14. The number of amides is 1. The molecule has 2 aromatic rings. The van der Waals surface area contributed by atoms with Crippen LogP contribution in [0, 0.1) is 6.92 Å². The lowest BCUT2D eigenvalue weighted by Gasteiger charge is -2.15. The summed E-state index contributed by atoms with van der Waals surface area (Å²) in [6, 6.07) is 9.62. The Hall–Kier alpha value is -1.56. The fraction of sp³-hybridized carbons (Fsp3) is 0.333. The number of hydrogen-bond acceptors (Lipinski definition) is 3. The van der Waals surface area contributed by atoms with Gasteiger partial charge in [-0.3, -0.25) is 4.79 Å². The lowest BCUT2D eigenvalue weighted by atomic mass is 9.98. The molecule has 1 aromatic heterocycles. The number of halogens is 2. The number of aryl methyl sites for hydroxylation is 1. The number of hydrogen-bond donors (Lipinski definition) is 2. The molecule has 0 saturated heterocycles. The Morgan fingerprint density at radius 1 is 1.32 bits per heavy atom. The number of nitrogens with one attached hydrogen (secondary N) is 1. The zero-order valence-electron chi connectivity index (χ0n) is 12.4. The third-order valence-electron chi connectivity index (χ3n) is 3.33. The summed E-state index contributed by atoms with van der Waals surface area (Å²) < 4.78 is 2.00. The quantitative estimate of drug-likeness (QED) is 0.840. The second kappa shape index (κ2) is 10.2. The van der Waals surface area contributed by atoms with Crippen molar-refractivity contribution in [3.63, 3.8) is 0 Å². The smallest absolute Gasteiger partial charge is 0.228 e. The van der Waals surface area contributed by atoms with Gasteiger partial charge < -0.3 is 15.6 Å². The molecule has 3 N–H and O–H groups in total. The molecule has 1 aromatic carbocycles. The second-order valence-electron chi connectivity index (χ2n) is 4.66. The van der Waals surface area contributed by atoms with E-state index in [4.69, 9.17) is 5.73 Å². The van der Waals surface area contributed by atoms with Crippen molar-refractivity contribution < 1.29 is 4.79 Å². The zero-order chi connectivity index (χ0) is 14.4. The van der Waals surface area contributed by atoms with E-state index in [1.54, 1.807) is 6.20 Å². The van der Waals surface area contributed by atoms with E-state index in [2.05, 4.69) is 10.3 Å². The predicted octanol–water partition coefficient (Wildman–Crippen LogP) is 1.89. The summed E-state index contributed by atoms with van der Waals surface area (Å²) in [6.07, 6.45) is 3.66. The van der Waals surface area contributed by atoms with E-state index in [1.807, 2.05) is 48.0 Å². The Balaban J connectivity index is 0.00000220. The Morgan fingerprint density at radius 2 is 2.00 bits per heavy atom. The summed E-state index contributed by atoms with van der Waals surface area (Å²) in [4.78, 5) is 16.3. The lowest BCUT2D eigenvalue weighted by molar-refractivity contribution is -0.122. The van der Waals surface area contributed by atoms with Gasteiger partial charge in [0.1, 0.15) is 5.82 Å². The van der Waals surface area contributed by atoms with E-state index in [1.165, 1.54) is 0 Å². The maximum absolute atomic E-state index is 12.2. The number of nitrogens with two attached hydrogens (primary N) is 1. The maximum atomic E-state index is 12.2. The van der Waals surface area contributed by atoms with Crippen molar-refractivity contribution in [2.75, 3.05) is 13.1 Å². The Morgan fingerprint density at radius 3 is 2.55 bits per heavy atom. The Bertz CT molecular complexity index is 560. The molecule has 2 rings (SSSR count). The molecule has 122 valence electrons. The summed E-state index contributed by atoms with van der Waals surface area (Å²) in [7, 11) is 0. The van der Waals surface area contributed by atoms with E-state index in [9.17, 15) is 4.79 Å². The zero-order valence-corrected chi connectivity index (χ0v) is 14.1. The fourth-order valence-corrected chi connectivity index (χ4v) is 2.14. The standard InChI is InChI=1S/C15H20N4O.2ClH/c1-12-17-7-9-19(12)10-8-18-15(20)14(11-16)13-5-3-2-4-6-13;;/h2-7,9,14H,8,10-11,16H2,1H3,(H,18,20);2*1H. The van der Waals surface area contributed by atoms with Gasteiger partial charge in [-0.1, -0.05) is 30.3 Å². The Labute approximate surface area is 143 Å². The van der Waals surface area contributed by atoms with Crippen LogP contribution in [0.1, 0.15) is 17.3 Å². The molecule has 0 aliphatic rings. The number of nitrogens with zero attached hydrogens (tertiary/aromatic N) is 2. The molecule has 0 spiro atoms. The first-order chi connectivity index (χ1) is 9.72. The molecule has 0 radical (unpaired) electrons. The van der Waals surface area contributed by atoms with Crippen LogP contribution >= 0.6 is 24.8 Å². The Kier molecular flexibility index (Phi) is 9.49. The normalized spacial score (nSPS) is 11.0. The largest absolute Gasteiger partial charge is 0.354 e. The van der Waals surface area contributed by atoms with Crippen molar-refractivity contribution >= 4 is 30.7 Å². The lowest BCUT2D eigenvalue weighted by Crippen LogP contribution is -2.35. The van der Waals surface area contributed by atoms with E-state index < -0.39 is 0 Å². The molecular weight excluding hydrogens is 323 g/mol. The second-order valence-corrected chi connectivity index (χ2v) is 4.66. The van der Waals surface area contributed by atoms with Gasteiger partial charge in [-0.05, 0) is 12.5 Å². The third kappa shape index (κ3) is 5.33. The van der Waals surface area contributed by atoms with Gasteiger partial charge >= 0.3 is 0 Å². The average molecular weight is 345 g/mol. The van der Waals surface area contributed by atoms with Crippen LogP contribution < -0.4 is 11.1 Å². The van der Waals surface area contributed by atoms with E-state index in [0.717, 1.165) is 11.4 Å². The summed E-state index contributed by atoms with van der Waals surface area (Å²) in [5.41, 5.74) is 6.67. The van der Waals surface area contributed by atoms with Crippen molar-refractivity contribution in [2.45, 2.75) is 19.4 Å². The van der Waals surface area contributed by atoms with E-state index >= 15 is 0 Å². The topological polar surface area (TPSA) is 72.9 Å². The van der Waals surface area contributed by atoms with Crippen molar-refractivity contribution in [3.05, 3.63) is 54.1 Å². The first-order valence-electron chi connectivity index (χ1n) is 6.73. The van der Waals surface area contributed by atoms with Crippen LogP contribution in [0.15, 0.2) is 42.7 Å². The van der Waals surface area contributed by atoms with Gasteiger partial charge in [0.2, 0.25) is 5.91 Å². The molecular formula is C15H22Cl2N4O. The van der Waals surface area contributed by atoms with Crippen LogP contribution in [0.2, 0.25) is 0 Å². The minimum absolute atomic E-state index is 0. The van der Waals surface area contributed by atoms with Crippen LogP contribution in [0.25, 0.3) is 0 Å². The molecule has 0 aliphatic carbocycles. The molecule has 0 aliphatic heterocycles. The maximum Gasteiger partial charge on any atom is 0.228 e. The SMILES string of the molecule is Cc1nccn1CCNC(=O)C(CN)c1ccccc1.Cl.Cl. The summed E-state index contributed by atoms with van der Waals surface area (Å²) >= 11 is 0. The summed E-state index contributed by atoms with van der Waals surface area (Å²) in [6.45, 7) is 3.53. The summed E-state index contributed by atoms with van der Waals surface area (Å²) in [5, 5.41) is 2.93. The average Bonchev–Trinajstić information content (AvgIpc) is 2.86. The van der Waals surface area contributed by atoms with Crippen LogP contribution in [0.4, 0.5) is 0 Å². The van der Waals surface area contributed by atoms with Gasteiger partial charge in [0.25, 0.3) is 0 Å². The van der Waals surface area contributed by atoms with Crippen molar-refractivity contribution in [3.8, 4) is 0 Å². The van der Waals surface area contributed by atoms with Crippen molar-refractivity contribution in [1.82, 2.24) is 14.9 Å². The summed E-state index contributed by atoms with van der Waals surface area (Å²) in [5.74, 6) is 0.620. The van der Waals surface area contributed by atoms with E-state index in [-0.39, 0.29) is 36.6 Å². The van der Waals surface area contributed by atoms with Gasteiger partial charge in [0.15, 0.2) is 0 Å². The van der Waals surface area contributed by atoms with Crippen molar-refractivity contribution in [2.24, 2.45) is 5.73 Å². The monoisotopic (exact) mass is 344 g/mol. The first-order valence-corrected chi connectivity index (χ1v) is 6.73. The molecule has 1 amide bonds. The van der Waals surface area contributed by atoms with Crippen LogP contribution in [-0.2, 0) is 11.3 Å². The van der Waals surface area contributed by atoms with Crippen LogP contribution in [0.5, 0.6) is 0 Å². The van der Waals surface area contributed by atoms with Crippen LogP contribution in [0.3, 0.4) is 0 Å². The third-order valence-corrected chi connectivity index (χ3v) is 3.33. The molecule has 0 saturated carbocycles.